The number of hydrogen-bond donors (Lipinski definition) is 0. The van der Waals surface area contributed by atoms with E-state index in [0.717, 1.165) is 17.3 Å². The number of hydrogen-bond acceptors (Lipinski definition) is 3. The summed E-state index contributed by atoms with van der Waals surface area (Å²) >= 11 is 0. The van der Waals surface area contributed by atoms with Crippen LogP contribution in [0.15, 0.2) is 64.0 Å². The molecule has 4 heteroatoms. The minimum atomic E-state index is -0.183. The van der Waals surface area contributed by atoms with Crippen LogP contribution in [0.25, 0.3) is 27.6 Å². The van der Waals surface area contributed by atoms with Crippen LogP contribution in [-0.4, -0.2) is 9.72 Å². The Morgan fingerprint density at radius 2 is 1.91 bits per heavy atom. The van der Waals surface area contributed by atoms with Crippen LogP contribution in [0.4, 0.5) is 0 Å². The normalized spacial score (nSPS) is 11.3. The number of aryl methyl sites for hydroxylation is 1. The molecule has 0 saturated carbocycles. The fourth-order valence-electron chi connectivity index (χ4n) is 2.66. The van der Waals surface area contributed by atoms with Gasteiger partial charge in [-0.2, -0.15) is 0 Å². The topological polar surface area (TPSA) is 48.0 Å². The quantitative estimate of drug-likeness (QED) is 0.565. The molecule has 0 aliphatic heterocycles. The number of rotatable bonds is 2. The fraction of sp³-hybridized carbons (Fsp3) is 0.111. The van der Waals surface area contributed by atoms with Gasteiger partial charge in [0.1, 0.15) is 5.39 Å². The van der Waals surface area contributed by atoms with Crippen molar-refractivity contribution in [2.75, 3.05) is 0 Å². The molecule has 0 aliphatic rings. The number of fused-ring (bicyclic) bond motifs is 3. The molecule has 0 radical (unpaired) electrons. The van der Waals surface area contributed by atoms with Crippen molar-refractivity contribution in [3.8, 4) is 5.69 Å². The Bertz CT molecular complexity index is 1030. The molecule has 0 amide bonds. The Kier molecular flexibility index (Phi) is 2.82. The third-order valence-corrected chi connectivity index (χ3v) is 3.88. The largest absolute Gasteiger partial charge is 0.370 e. The second kappa shape index (κ2) is 4.84. The predicted octanol–water partition coefficient (Wildman–Crippen LogP) is 3.69. The van der Waals surface area contributed by atoms with Crippen molar-refractivity contribution in [1.29, 1.82) is 0 Å². The number of benzene rings is 2. The maximum Gasteiger partial charge on any atom is 0.296 e. The SMILES string of the molecule is CCc1ccc2ncc3c(=O)n(-c4ccccc4)oc3c2c1. The van der Waals surface area contributed by atoms with Crippen molar-refractivity contribution in [2.45, 2.75) is 13.3 Å². The van der Waals surface area contributed by atoms with E-state index < -0.39 is 0 Å². The van der Waals surface area contributed by atoms with Crippen LogP contribution in [-0.2, 0) is 6.42 Å². The van der Waals surface area contributed by atoms with Crippen LogP contribution in [0.1, 0.15) is 12.5 Å². The highest BCUT2D eigenvalue weighted by Gasteiger charge is 2.14. The number of pyridine rings is 1. The van der Waals surface area contributed by atoms with E-state index in [2.05, 4.69) is 11.9 Å². The van der Waals surface area contributed by atoms with Crippen molar-refractivity contribution in [3.05, 3.63) is 70.6 Å². The summed E-state index contributed by atoms with van der Waals surface area (Å²) in [5, 5.41) is 1.38. The van der Waals surface area contributed by atoms with Crippen LogP contribution in [0.2, 0.25) is 0 Å². The average Bonchev–Trinajstić information content (AvgIpc) is 2.92. The average molecular weight is 290 g/mol. The minimum Gasteiger partial charge on any atom is -0.370 e. The zero-order valence-corrected chi connectivity index (χ0v) is 12.1. The second-order valence-corrected chi connectivity index (χ2v) is 5.23. The van der Waals surface area contributed by atoms with Gasteiger partial charge in [-0.25, -0.2) is 0 Å². The second-order valence-electron chi connectivity index (χ2n) is 5.23. The van der Waals surface area contributed by atoms with Crippen molar-refractivity contribution in [2.24, 2.45) is 0 Å². The molecule has 2 aromatic heterocycles. The first-order valence-electron chi connectivity index (χ1n) is 7.27. The smallest absolute Gasteiger partial charge is 0.296 e. The molecule has 0 spiro atoms. The van der Waals surface area contributed by atoms with E-state index in [4.69, 9.17) is 4.52 Å². The molecule has 0 N–H and O–H groups in total. The van der Waals surface area contributed by atoms with Crippen LogP contribution in [0, 0.1) is 0 Å². The van der Waals surface area contributed by atoms with Gasteiger partial charge < -0.3 is 4.52 Å². The van der Waals surface area contributed by atoms with Gasteiger partial charge in [0.2, 0.25) is 0 Å². The maximum absolute atomic E-state index is 12.6. The van der Waals surface area contributed by atoms with Crippen molar-refractivity contribution >= 4 is 21.9 Å². The zero-order valence-electron chi connectivity index (χ0n) is 12.1. The van der Waals surface area contributed by atoms with E-state index in [0.29, 0.717) is 16.7 Å². The van der Waals surface area contributed by atoms with Crippen molar-refractivity contribution < 1.29 is 4.52 Å². The van der Waals surface area contributed by atoms with Crippen LogP contribution >= 0.6 is 0 Å². The lowest BCUT2D eigenvalue weighted by atomic mass is 10.1. The Balaban J connectivity index is 2.09. The van der Waals surface area contributed by atoms with Gasteiger partial charge in [-0.1, -0.05) is 31.2 Å². The molecule has 0 fully saturated rings. The Labute approximate surface area is 126 Å². The van der Waals surface area contributed by atoms with E-state index in [-0.39, 0.29) is 5.56 Å². The molecule has 4 nitrogen and oxygen atoms in total. The molecule has 2 aromatic carbocycles. The summed E-state index contributed by atoms with van der Waals surface area (Å²) in [5.41, 5.74) is 3.14. The third-order valence-electron chi connectivity index (χ3n) is 3.88. The summed E-state index contributed by atoms with van der Waals surface area (Å²) in [6, 6.07) is 15.4. The van der Waals surface area contributed by atoms with Crippen molar-refractivity contribution in [3.63, 3.8) is 0 Å². The monoisotopic (exact) mass is 290 g/mol. The van der Waals surface area contributed by atoms with Crippen LogP contribution in [0.5, 0.6) is 0 Å². The lowest BCUT2D eigenvalue weighted by Crippen LogP contribution is -2.11. The first-order valence-corrected chi connectivity index (χ1v) is 7.27. The molecule has 2 heterocycles. The first-order chi connectivity index (χ1) is 10.8. The summed E-state index contributed by atoms with van der Waals surface area (Å²) in [5.74, 6) is 0. The number of para-hydroxylation sites is 1. The van der Waals surface area contributed by atoms with Gasteiger partial charge in [0.15, 0.2) is 5.58 Å². The Hall–Kier alpha value is -2.88. The first kappa shape index (κ1) is 12.8. The molecule has 22 heavy (non-hydrogen) atoms. The van der Waals surface area contributed by atoms with E-state index in [1.807, 2.05) is 48.5 Å². The molecule has 0 unspecified atom stereocenters. The van der Waals surface area contributed by atoms with Crippen LogP contribution in [0.3, 0.4) is 0 Å². The molecular formula is C18H14N2O2. The summed E-state index contributed by atoms with van der Waals surface area (Å²) in [4.78, 5) is 16.9. The third kappa shape index (κ3) is 1.84. The molecule has 0 saturated heterocycles. The van der Waals surface area contributed by atoms with Gasteiger partial charge in [-0.3, -0.25) is 9.78 Å². The predicted molar refractivity (Wildman–Crippen MR) is 86.5 cm³/mol. The van der Waals surface area contributed by atoms with E-state index in [9.17, 15) is 4.79 Å². The van der Waals surface area contributed by atoms with E-state index in [1.165, 1.54) is 10.3 Å². The number of aromatic nitrogens is 2. The van der Waals surface area contributed by atoms with Gasteiger partial charge >= 0.3 is 0 Å². The molecule has 0 aliphatic carbocycles. The van der Waals surface area contributed by atoms with Crippen molar-refractivity contribution in [1.82, 2.24) is 9.72 Å². The summed E-state index contributed by atoms with van der Waals surface area (Å²) in [6.45, 7) is 2.10. The van der Waals surface area contributed by atoms with Gasteiger partial charge in [0.25, 0.3) is 5.56 Å². The molecular weight excluding hydrogens is 276 g/mol. The molecule has 0 bridgehead atoms. The minimum absolute atomic E-state index is 0.183. The fourth-order valence-corrected chi connectivity index (χ4v) is 2.66. The number of nitrogens with zero attached hydrogens (tertiary/aromatic N) is 2. The summed E-state index contributed by atoms with van der Waals surface area (Å²) < 4.78 is 7.19. The standard InChI is InChI=1S/C18H14N2O2/c1-2-12-8-9-16-14(10-12)17-15(11-19-16)18(21)20(22-17)13-6-4-3-5-7-13/h3-11H,2H2,1H3. The zero-order chi connectivity index (χ0) is 15.1. The van der Waals surface area contributed by atoms with Gasteiger partial charge in [0.05, 0.1) is 11.2 Å². The maximum atomic E-state index is 12.6. The van der Waals surface area contributed by atoms with E-state index in [1.54, 1.807) is 6.20 Å². The van der Waals surface area contributed by atoms with E-state index >= 15 is 0 Å². The summed E-state index contributed by atoms with van der Waals surface area (Å²) in [6.07, 6.45) is 2.52. The lowest BCUT2D eigenvalue weighted by Gasteiger charge is -2.00. The van der Waals surface area contributed by atoms with Gasteiger partial charge in [-0.15, -0.1) is 4.74 Å². The molecule has 4 rings (SSSR count). The molecule has 108 valence electrons. The molecule has 0 atom stereocenters. The molecule has 4 aromatic rings. The highest BCUT2D eigenvalue weighted by atomic mass is 16.5. The van der Waals surface area contributed by atoms with Gasteiger partial charge in [-0.05, 0) is 36.2 Å². The Morgan fingerprint density at radius 1 is 1.09 bits per heavy atom. The Morgan fingerprint density at radius 3 is 2.68 bits per heavy atom. The van der Waals surface area contributed by atoms with Crippen LogP contribution < -0.4 is 5.56 Å². The van der Waals surface area contributed by atoms with Gasteiger partial charge in [0, 0.05) is 11.6 Å². The lowest BCUT2D eigenvalue weighted by molar-refractivity contribution is 0.370. The summed E-state index contributed by atoms with van der Waals surface area (Å²) in [7, 11) is 0. The highest BCUT2D eigenvalue weighted by Crippen LogP contribution is 2.24. The highest BCUT2D eigenvalue weighted by molar-refractivity contribution is 6.01.